The topological polar surface area (TPSA) is 6.48 Å². The first kappa shape index (κ1) is 12.4. The largest absolute Gasteiger partial charge is 0.300 e. The summed E-state index contributed by atoms with van der Waals surface area (Å²) in [5, 5.41) is 0. The number of hydrogen-bond donors (Lipinski definition) is 0. The van der Waals surface area contributed by atoms with E-state index < -0.39 is 0 Å². The van der Waals surface area contributed by atoms with Gasteiger partial charge in [0.25, 0.3) is 0 Å². The summed E-state index contributed by atoms with van der Waals surface area (Å²) in [7, 11) is 0. The zero-order valence-electron chi connectivity index (χ0n) is 11.5. The lowest BCUT2D eigenvalue weighted by Gasteiger charge is -2.28. The van der Waals surface area contributed by atoms with Gasteiger partial charge in [-0.25, -0.2) is 0 Å². The second kappa shape index (κ2) is 4.66. The van der Waals surface area contributed by atoms with Crippen LogP contribution in [0.25, 0.3) is 0 Å². The van der Waals surface area contributed by atoms with E-state index in [1.807, 2.05) is 0 Å². The minimum atomic E-state index is 0.647. The molecule has 0 aromatic carbocycles. The van der Waals surface area contributed by atoms with Gasteiger partial charge in [0.15, 0.2) is 0 Å². The molecular formula is C14H28N2. The summed E-state index contributed by atoms with van der Waals surface area (Å²) in [5.74, 6) is 0. The molecule has 2 nitrogen and oxygen atoms in total. The van der Waals surface area contributed by atoms with Crippen LogP contribution >= 0.6 is 0 Å². The Morgan fingerprint density at radius 3 is 2.06 bits per heavy atom. The monoisotopic (exact) mass is 224 g/mol. The Balaban J connectivity index is 1.93. The van der Waals surface area contributed by atoms with Crippen molar-refractivity contribution in [3.63, 3.8) is 0 Å². The van der Waals surface area contributed by atoms with Crippen LogP contribution in [0.3, 0.4) is 0 Å². The van der Waals surface area contributed by atoms with E-state index >= 15 is 0 Å². The average Bonchev–Trinajstić information content (AvgIpc) is 2.86. The van der Waals surface area contributed by atoms with Gasteiger partial charge in [-0.05, 0) is 58.5 Å². The number of nitrogens with zero attached hydrogens (tertiary/aromatic N) is 2. The molecule has 0 amide bonds. The van der Waals surface area contributed by atoms with Gasteiger partial charge in [0, 0.05) is 25.2 Å². The Labute approximate surface area is 101 Å². The van der Waals surface area contributed by atoms with Gasteiger partial charge in [0.1, 0.15) is 0 Å². The molecule has 0 aliphatic carbocycles. The van der Waals surface area contributed by atoms with Crippen molar-refractivity contribution in [1.82, 2.24) is 9.80 Å². The second-order valence-corrected chi connectivity index (χ2v) is 6.29. The van der Waals surface area contributed by atoms with Crippen molar-refractivity contribution in [2.45, 2.75) is 59.0 Å². The molecule has 0 radical (unpaired) electrons. The van der Waals surface area contributed by atoms with E-state index in [4.69, 9.17) is 0 Å². The van der Waals surface area contributed by atoms with Crippen LogP contribution in [-0.2, 0) is 0 Å². The summed E-state index contributed by atoms with van der Waals surface area (Å²) < 4.78 is 0. The van der Waals surface area contributed by atoms with E-state index in [0.717, 1.165) is 12.1 Å². The molecule has 94 valence electrons. The number of likely N-dealkylation sites (tertiary alicyclic amines) is 2. The molecule has 2 unspecified atom stereocenters. The Bertz CT molecular complexity index is 239. The lowest BCUT2D eigenvalue weighted by Crippen LogP contribution is -2.36. The Morgan fingerprint density at radius 1 is 1.00 bits per heavy atom. The summed E-state index contributed by atoms with van der Waals surface area (Å²) in [4.78, 5) is 5.38. The third-order valence-electron chi connectivity index (χ3n) is 4.88. The van der Waals surface area contributed by atoms with Crippen LogP contribution in [0.2, 0.25) is 0 Å². The molecular weight excluding hydrogens is 196 g/mol. The minimum Gasteiger partial charge on any atom is -0.300 e. The first-order chi connectivity index (χ1) is 7.56. The fourth-order valence-corrected chi connectivity index (χ4v) is 3.35. The van der Waals surface area contributed by atoms with Crippen LogP contribution in [0.15, 0.2) is 0 Å². The van der Waals surface area contributed by atoms with Gasteiger partial charge >= 0.3 is 0 Å². The summed E-state index contributed by atoms with van der Waals surface area (Å²) >= 11 is 0. The quantitative estimate of drug-likeness (QED) is 0.727. The molecule has 0 aromatic rings. The van der Waals surface area contributed by atoms with Crippen LogP contribution in [0, 0.1) is 5.41 Å². The van der Waals surface area contributed by atoms with E-state index in [2.05, 4.69) is 37.5 Å². The molecule has 2 atom stereocenters. The third-order valence-corrected chi connectivity index (χ3v) is 4.88. The van der Waals surface area contributed by atoms with Crippen LogP contribution in [-0.4, -0.2) is 48.1 Å². The van der Waals surface area contributed by atoms with Gasteiger partial charge in [-0.1, -0.05) is 6.92 Å². The molecule has 2 heteroatoms. The molecule has 2 aliphatic rings. The maximum absolute atomic E-state index is 2.71. The van der Waals surface area contributed by atoms with E-state index in [9.17, 15) is 0 Å². The lowest BCUT2D eigenvalue weighted by atomic mass is 9.86. The van der Waals surface area contributed by atoms with E-state index in [-0.39, 0.29) is 0 Å². The maximum Gasteiger partial charge on any atom is 0.00645 e. The first-order valence-corrected chi connectivity index (χ1v) is 7.04. The summed E-state index contributed by atoms with van der Waals surface area (Å²) in [6, 6.07) is 1.52. The molecule has 0 N–H and O–H groups in total. The van der Waals surface area contributed by atoms with Crippen LogP contribution in [0.1, 0.15) is 47.0 Å². The lowest BCUT2D eigenvalue weighted by molar-refractivity contribution is 0.193. The Hall–Kier alpha value is -0.0800. The van der Waals surface area contributed by atoms with Crippen molar-refractivity contribution in [1.29, 1.82) is 0 Å². The average molecular weight is 224 g/mol. The zero-order chi connectivity index (χ0) is 11.8. The highest BCUT2D eigenvalue weighted by atomic mass is 15.2. The van der Waals surface area contributed by atoms with Crippen molar-refractivity contribution in [2.75, 3.05) is 26.2 Å². The van der Waals surface area contributed by atoms with Gasteiger partial charge in [0.05, 0.1) is 0 Å². The summed E-state index contributed by atoms with van der Waals surface area (Å²) in [6.07, 6.45) is 4.16. The SMILES string of the molecule is CCC(C)N1CCC2(CCN(C(C)C)C2)C1. The first-order valence-electron chi connectivity index (χ1n) is 7.04. The predicted octanol–water partition coefficient (Wildman–Crippen LogP) is 2.59. The van der Waals surface area contributed by atoms with Crippen molar-refractivity contribution in [3.05, 3.63) is 0 Å². The molecule has 2 fully saturated rings. The molecule has 2 saturated heterocycles. The van der Waals surface area contributed by atoms with E-state index in [1.54, 1.807) is 0 Å². The van der Waals surface area contributed by atoms with Crippen LogP contribution < -0.4 is 0 Å². The molecule has 1 spiro atoms. The van der Waals surface area contributed by atoms with Gasteiger partial charge in [0.2, 0.25) is 0 Å². The van der Waals surface area contributed by atoms with Crippen LogP contribution in [0.4, 0.5) is 0 Å². The van der Waals surface area contributed by atoms with Gasteiger partial charge in [-0.2, -0.15) is 0 Å². The third kappa shape index (κ3) is 2.28. The smallest absolute Gasteiger partial charge is 0.00645 e. The number of rotatable bonds is 3. The minimum absolute atomic E-state index is 0.647. The summed E-state index contributed by atoms with van der Waals surface area (Å²) in [5.41, 5.74) is 0.647. The number of hydrogen-bond acceptors (Lipinski definition) is 2. The Kier molecular flexibility index (Phi) is 3.60. The highest BCUT2D eigenvalue weighted by Gasteiger charge is 2.44. The van der Waals surface area contributed by atoms with Crippen molar-refractivity contribution >= 4 is 0 Å². The molecule has 2 rings (SSSR count). The van der Waals surface area contributed by atoms with Crippen LogP contribution in [0.5, 0.6) is 0 Å². The van der Waals surface area contributed by atoms with Gasteiger partial charge in [-0.15, -0.1) is 0 Å². The zero-order valence-corrected chi connectivity index (χ0v) is 11.5. The van der Waals surface area contributed by atoms with E-state index in [0.29, 0.717) is 5.41 Å². The van der Waals surface area contributed by atoms with Crippen molar-refractivity contribution in [3.8, 4) is 0 Å². The van der Waals surface area contributed by atoms with Gasteiger partial charge < -0.3 is 9.80 Å². The second-order valence-electron chi connectivity index (χ2n) is 6.29. The molecule has 0 aromatic heterocycles. The van der Waals surface area contributed by atoms with Crippen molar-refractivity contribution in [2.24, 2.45) is 5.41 Å². The summed E-state index contributed by atoms with van der Waals surface area (Å²) in [6.45, 7) is 14.7. The highest BCUT2D eigenvalue weighted by Crippen LogP contribution is 2.40. The highest BCUT2D eigenvalue weighted by molar-refractivity contribution is 4.98. The van der Waals surface area contributed by atoms with Crippen molar-refractivity contribution < 1.29 is 0 Å². The molecule has 16 heavy (non-hydrogen) atoms. The molecule has 2 aliphatic heterocycles. The fourth-order valence-electron chi connectivity index (χ4n) is 3.35. The normalized spacial score (nSPS) is 34.3. The standard InChI is InChI=1S/C14H28N2/c1-5-13(4)16-9-7-14(11-16)6-8-15(10-14)12(2)3/h12-13H,5-11H2,1-4H3. The van der Waals surface area contributed by atoms with E-state index in [1.165, 1.54) is 45.4 Å². The molecule has 2 heterocycles. The predicted molar refractivity (Wildman–Crippen MR) is 69.7 cm³/mol. The maximum atomic E-state index is 2.71. The Morgan fingerprint density at radius 2 is 1.56 bits per heavy atom. The van der Waals surface area contributed by atoms with Gasteiger partial charge in [-0.3, -0.25) is 0 Å². The molecule has 0 saturated carbocycles. The fraction of sp³-hybridized carbons (Fsp3) is 1.00. The molecule has 0 bridgehead atoms.